The number of carbonyl (C=O) groups is 2. The first-order chi connectivity index (χ1) is 17.6. The Morgan fingerprint density at radius 3 is 2.32 bits per heavy atom. The summed E-state index contributed by atoms with van der Waals surface area (Å²) < 4.78 is 81.3. The molecule has 1 aromatic rings. The molecule has 3 aliphatic carbocycles. The highest BCUT2D eigenvalue weighted by atomic mass is 35.5. The summed E-state index contributed by atoms with van der Waals surface area (Å²) in [5.74, 6) is 0.456. The Bertz CT molecular complexity index is 1200. The SMILES string of the molecule is C[C@@]12CCC[C@H]1[C@@H]1CC[C@H]3N(C(=O)Nc4cc(C(F)(F)F)c(Cl)cc4C(F)(F)F)C(=O)C=C[C@]3(C)[C@H]1CC2. The smallest absolute Gasteiger partial charge is 0.307 e. The first-order valence-corrected chi connectivity index (χ1v) is 13.3. The van der Waals surface area contributed by atoms with E-state index in [0.29, 0.717) is 18.3 Å². The molecule has 3 fully saturated rings. The summed E-state index contributed by atoms with van der Waals surface area (Å²) in [6.45, 7) is 4.33. The van der Waals surface area contributed by atoms with Gasteiger partial charge < -0.3 is 5.32 Å². The predicted molar refractivity (Wildman–Crippen MR) is 129 cm³/mol. The highest BCUT2D eigenvalue weighted by Crippen LogP contribution is 2.64. The molecule has 1 aromatic carbocycles. The summed E-state index contributed by atoms with van der Waals surface area (Å²) in [6.07, 6.45) is -0.304. The van der Waals surface area contributed by atoms with Crippen molar-refractivity contribution in [3.8, 4) is 0 Å². The van der Waals surface area contributed by atoms with Gasteiger partial charge in [0.1, 0.15) is 0 Å². The number of amides is 3. The highest BCUT2D eigenvalue weighted by Gasteiger charge is 2.59. The minimum Gasteiger partial charge on any atom is -0.307 e. The second kappa shape index (κ2) is 8.89. The molecule has 0 unspecified atom stereocenters. The van der Waals surface area contributed by atoms with E-state index >= 15 is 0 Å². The van der Waals surface area contributed by atoms with Gasteiger partial charge >= 0.3 is 18.4 Å². The van der Waals surface area contributed by atoms with Crippen LogP contribution in [0.4, 0.5) is 36.8 Å². The van der Waals surface area contributed by atoms with Gasteiger partial charge in [-0.1, -0.05) is 37.9 Å². The fourth-order valence-corrected chi connectivity index (χ4v) is 8.31. The van der Waals surface area contributed by atoms with Crippen molar-refractivity contribution in [2.24, 2.45) is 28.6 Å². The molecule has 3 saturated carbocycles. The molecule has 5 rings (SSSR count). The maximum atomic E-state index is 13.7. The zero-order valence-electron chi connectivity index (χ0n) is 21.0. The molecule has 3 amide bonds. The van der Waals surface area contributed by atoms with Gasteiger partial charge in [-0.3, -0.25) is 9.69 Å². The van der Waals surface area contributed by atoms with E-state index < -0.39 is 57.6 Å². The van der Waals surface area contributed by atoms with Crippen molar-refractivity contribution in [2.75, 3.05) is 5.32 Å². The number of benzene rings is 1. The number of nitrogens with one attached hydrogen (secondary N) is 1. The Hall–Kier alpha value is -2.23. The molecule has 38 heavy (non-hydrogen) atoms. The second-order valence-electron chi connectivity index (χ2n) is 11.8. The third-order valence-corrected chi connectivity index (χ3v) is 10.1. The molecule has 4 nitrogen and oxygen atoms in total. The molecule has 6 atom stereocenters. The van der Waals surface area contributed by atoms with Crippen molar-refractivity contribution in [2.45, 2.75) is 77.2 Å². The van der Waals surface area contributed by atoms with E-state index in [4.69, 9.17) is 11.6 Å². The largest absolute Gasteiger partial charge is 0.418 e. The van der Waals surface area contributed by atoms with E-state index in [1.54, 1.807) is 0 Å². The first-order valence-electron chi connectivity index (χ1n) is 12.9. The number of hydrogen-bond donors (Lipinski definition) is 1. The number of fused-ring (bicyclic) bond motifs is 5. The van der Waals surface area contributed by atoms with E-state index in [-0.39, 0.29) is 23.5 Å². The van der Waals surface area contributed by atoms with Crippen LogP contribution in [0, 0.1) is 28.6 Å². The van der Waals surface area contributed by atoms with Crippen LogP contribution in [0.5, 0.6) is 0 Å². The summed E-state index contributed by atoms with van der Waals surface area (Å²) >= 11 is 5.52. The van der Waals surface area contributed by atoms with E-state index in [1.165, 1.54) is 18.9 Å². The Morgan fingerprint density at radius 2 is 1.66 bits per heavy atom. The van der Waals surface area contributed by atoms with Crippen LogP contribution in [0.15, 0.2) is 24.3 Å². The molecule has 0 saturated heterocycles. The standard InChI is InChI=1S/C27H29ClF6N2O2/c1-24-9-3-4-15(24)14-5-6-21-25(2,16(14)7-10-24)11-8-22(37)36(21)23(38)35-20-13-17(26(29,30)31)19(28)12-18(20)27(32,33)34/h8,11-16,21H,3-7,9-10H2,1-2H3,(H,35,38)/t14-,15-,16-,21+,24-,25+/m0/s1. The molecule has 1 aliphatic heterocycles. The lowest BCUT2D eigenvalue weighted by Gasteiger charge is -2.59. The lowest BCUT2D eigenvalue weighted by molar-refractivity contribution is -0.140. The van der Waals surface area contributed by atoms with Crippen molar-refractivity contribution >= 4 is 29.2 Å². The summed E-state index contributed by atoms with van der Waals surface area (Å²) in [7, 11) is 0. The summed E-state index contributed by atoms with van der Waals surface area (Å²) in [4.78, 5) is 27.2. The average molecular weight is 563 g/mol. The lowest BCUT2D eigenvalue weighted by atomic mass is 9.48. The number of urea groups is 1. The molecule has 1 N–H and O–H groups in total. The van der Waals surface area contributed by atoms with Crippen LogP contribution in [0.2, 0.25) is 5.02 Å². The second-order valence-corrected chi connectivity index (χ2v) is 12.2. The zero-order chi connectivity index (χ0) is 27.8. The minimum atomic E-state index is -5.09. The van der Waals surface area contributed by atoms with Gasteiger partial charge in [0.15, 0.2) is 0 Å². The van der Waals surface area contributed by atoms with Gasteiger partial charge in [0.05, 0.1) is 27.9 Å². The molecule has 0 spiro atoms. The fourth-order valence-electron chi connectivity index (χ4n) is 8.04. The quantitative estimate of drug-likeness (QED) is 0.350. The van der Waals surface area contributed by atoms with Gasteiger partial charge in [0.25, 0.3) is 5.91 Å². The van der Waals surface area contributed by atoms with E-state index in [2.05, 4.69) is 6.92 Å². The maximum Gasteiger partial charge on any atom is 0.418 e. The average Bonchev–Trinajstić information content (AvgIpc) is 3.20. The molecule has 11 heteroatoms. The fraction of sp³-hybridized carbons (Fsp3) is 0.630. The number of halogens is 7. The van der Waals surface area contributed by atoms with Crippen LogP contribution in [0.25, 0.3) is 0 Å². The van der Waals surface area contributed by atoms with Crippen molar-refractivity contribution in [3.05, 3.63) is 40.4 Å². The van der Waals surface area contributed by atoms with Crippen LogP contribution >= 0.6 is 11.6 Å². The summed E-state index contributed by atoms with van der Waals surface area (Å²) in [5.41, 5.74) is -4.44. The maximum absolute atomic E-state index is 13.7. The minimum absolute atomic E-state index is 0.147. The van der Waals surface area contributed by atoms with Gasteiger partial charge in [0.2, 0.25) is 0 Å². The Labute approximate surface area is 221 Å². The van der Waals surface area contributed by atoms with Gasteiger partial charge in [-0.05, 0) is 73.8 Å². The van der Waals surface area contributed by atoms with Crippen molar-refractivity contribution in [1.29, 1.82) is 0 Å². The number of nitrogens with zero attached hydrogens (tertiary/aromatic N) is 1. The molecular weight excluding hydrogens is 534 g/mol. The van der Waals surface area contributed by atoms with Gasteiger partial charge in [-0.25, -0.2) is 4.79 Å². The molecule has 0 radical (unpaired) electrons. The molecule has 1 heterocycles. The van der Waals surface area contributed by atoms with Gasteiger partial charge in [-0.2, -0.15) is 26.3 Å². The normalized spacial score (nSPS) is 35.0. The lowest BCUT2D eigenvalue weighted by Crippen LogP contribution is -2.62. The van der Waals surface area contributed by atoms with Crippen LogP contribution in [0.3, 0.4) is 0 Å². The van der Waals surface area contributed by atoms with E-state index in [0.717, 1.165) is 30.6 Å². The Morgan fingerprint density at radius 1 is 0.974 bits per heavy atom. The third kappa shape index (κ3) is 4.31. The van der Waals surface area contributed by atoms with E-state index in [9.17, 15) is 35.9 Å². The van der Waals surface area contributed by atoms with Crippen LogP contribution in [-0.2, 0) is 17.1 Å². The number of anilines is 1. The molecule has 0 aromatic heterocycles. The number of carbonyl (C=O) groups excluding carboxylic acids is 2. The number of imide groups is 1. The van der Waals surface area contributed by atoms with Crippen LogP contribution in [0.1, 0.15) is 69.9 Å². The van der Waals surface area contributed by atoms with Crippen molar-refractivity contribution in [3.63, 3.8) is 0 Å². The first kappa shape index (κ1) is 27.3. The number of alkyl halides is 6. The number of hydrogen-bond acceptors (Lipinski definition) is 2. The predicted octanol–water partition coefficient (Wildman–Crippen LogP) is 8.31. The van der Waals surface area contributed by atoms with Crippen LogP contribution < -0.4 is 5.32 Å². The van der Waals surface area contributed by atoms with Crippen LogP contribution in [-0.4, -0.2) is 22.9 Å². The monoisotopic (exact) mass is 562 g/mol. The molecule has 208 valence electrons. The van der Waals surface area contributed by atoms with E-state index in [1.807, 2.05) is 18.3 Å². The summed E-state index contributed by atoms with van der Waals surface area (Å²) in [5, 5.41) is 0.839. The zero-order valence-corrected chi connectivity index (χ0v) is 21.7. The van der Waals surface area contributed by atoms with Crippen molar-refractivity contribution in [1.82, 2.24) is 4.90 Å². The van der Waals surface area contributed by atoms with Crippen molar-refractivity contribution < 1.29 is 35.9 Å². The molecular formula is C27H29ClF6N2O2. The third-order valence-electron chi connectivity index (χ3n) is 9.82. The van der Waals surface area contributed by atoms with Gasteiger partial charge in [0, 0.05) is 11.5 Å². The highest BCUT2D eigenvalue weighted by molar-refractivity contribution is 6.31. The topological polar surface area (TPSA) is 49.4 Å². The molecule has 0 bridgehead atoms. The Kier molecular flexibility index (Phi) is 6.40. The Balaban J connectivity index is 1.47. The van der Waals surface area contributed by atoms with Gasteiger partial charge in [-0.15, -0.1) is 0 Å². The number of rotatable bonds is 1. The molecule has 4 aliphatic rings. The summed E-state index contributed by atoms with van der Waals surface area (Å²) in [6, 6.07) is -1.48.